The Morgan fingerprint density at radius 1 is 1.13 bits per heavy atom. The van der Waals surface area contributed by atoms with Crippen molar-refractivity contribution in [2.75, 3.05) is 21.3 Å². The Kier molecular flexibility index (Phi) is 5.97. The van der Waals surface area contributed by atoms with Gasteiger partial charge in [0.05, 0.1) is 26.5 Å². The maximum atomic E-state index is 12.2. The molecule has 0 fully saturated rings. The summed E-state index contributed by atoms with van der Waals surface area (Å²) in [5.41, 5.74) is 1.93. The van der Waals surface area contributed by atoms with E-state index in [1.54, 1.807) is 32.4 Å². The summed E-state index contributed by atoms with van der Waals surface area (Å²) in [5.74, 6) is 1.46. The maximum Gasteiger partial charge on any atom is 0.222 e. The normalized spacial score (nSPS) is 10.2. The van der Waals surface area contributed by atoms with Gasteiger partial charge in [-0.2, -0.15) is 0 Å². The highest BCUT2D eigenvalue weighted by Crippen LogP contribution is 2.28. The molecule has 5 nitrogen and oxygen atoms in total. The molecule has 0 N–H and O–H groups in total. The lowest BCUT2D eigenvalue weighted by Crippen LogP contribution is -2.26. The second-order valence-corrected chi connectivity index (χ2v) is 5.26. The summed E-state index contributed by atoms with van der Waals surface area (Å²) in [4.78, 5) is 18.2. The van der Waals surface area contributed by atoms with E-state index in [0.717, 1.165) is 11.3 Å². The van der Waals surface area contributed by atoms with Gasteiger partial charge in [-0.3, -0.25) is 9.78 Å². The summed E-state index contributed by atoms with van der Waals surface area (Å²) in [5, 5.41) is 0. The molecule has 0 spiro atoms. The van der Waals surface area contributed by atoms with E-state index in [4.69, 9.17) is 9.47 Å². The molecule has 0 bridgehead atoms. The molecule has 0 aliphatic rings. The van der Waals surface area contributed by atoms with Crippen molar-refractivity contribution >= 4 is 5.91 Å². The number of aromatic nitrogens is 1. The zero-order valence-electron chi connectivity index (χ0n) is 13.8. The van der Waals surface area contributed by atoms with Crippen molar-refractivity contribution in [3.63, 3.8) is 0 Å². The molecule has 5 heteroatoms. The molecular weight excluding hydrogens is 292 g/mol. The van der Waals surface area contributed by atoms with E-state index in [-0.39, 0.29) is 5.91 Å². The molecule has 2 aromatic rings. The minimum absolute atomic E-state index is 0.0884. The monoisotopic (exact) mass is 314 g/mol. The van der Waals surface area contributed by atoms with E-state index in [9.17, 15) is 4.79 Å². The number of hydrogen-bond donors (Lipinski definition) is 0. The average Bonchev–Trinajstić information content (AvgIpc) is 2.60. The van der Waals surface area contributed by atoms with Crippen LogP contribution in [0.25, 0.3) is 0 Å². The van der Waals surface area contributed by atoms with Crippen molar-refractivity contribution in [2.45, 2.75) is 19.4 Å². The Labute approximate surface area is 136 Å². The molecule has 1 aromatic heterocycles. The number of methoxy groups -OCH3 is 2. The number of carbonyl (C=O) groups excluding carboxylic acids is 1. The first-order valence-corrected chi connectivity index (χ1v) is 7.49. The van der Waals surface area contributed by atoms with Crippen LogP contribution in [0.3, 0.4) is 0 Å². The molecule has 122 valence electrons. The molecule has 0 atom stereocenters. The van der Waals surface area contributed by atoms with Gasteiger partial charge in [-0.05, 0) is 36.2 Å². The van der Waals surface area contributed by atoms with Gasteiger partial charge in [0.2, 0.25) is 5.91 Å². The third kappa shape index (κ3) is 4.71. The molecular formula is C18H22N2O3. The van der Waals surface area contributed by atoms with Crippen LogP contribution in [0.5, 0.6) is 11.5 Å². The topological polar surface area (TPSA) is 51.7 Å². The average molecular weight is 314 g/mol. The number of pyridine rings is 1. The standard InChI is InChI=1S/C18H22N2O3/c1-20(13-15-6-4-5-11-19-15)18(21)10-8-14-7-9-16(22-2)17(12-14)23-3/h4-7,9,11-12H,8,10,13H2,1-3H3. The Morgan fingerprint density at radius 2 is 1.91 bits per heavy atom. The van der Waals surface area contributed by atoms with E-state index in [2.05, 4.69) is 4.98 Å². The lowest BCUT2D eigenvalue weighted by atomic mass is 10.1. The van der Waals surface area contributed by atoms with Gasteiger partial charge >= 0.3 is 0 Å². The summed E-state index contributed by atoms with van der Waals surface area (Å²) in [7, 11) is 5.01. The minimum atomic E-state index is 0.0884. The highest BCUT2D eigenvalue weighted by atomic mass is 16.5. The maximum absolute atomic E-state index is 12.2. The van der Waals surface area contributed by atoms with E-state index in [1.165, 1.54) is 0 Å². The summed E-state index contributed by atoms with van der Waals surface area (Å²) in [6, 6.07) is 11.4. The highest BCUT2D eigenvalue weighted by Gasteiger charge is 2.11. The van der Waals surface area contributed by atoms with Gasteiger partial charge in [-0.25, -0.2) is 0 Å². The van der Waals surface area contributed by atoms with Crippen LogP contribution in [-0.2, 0) is 17.8 Å². The second kappa shape index (κ2) is 8.17. The number of rotatable bonds is 7. The number of amides is 1. The van der Waals surface area contributed by atoms with Crippen molar-refractivity contribution in [2.24, 2.45) is 0 Å². The molecule has 1 amide bonds. The van der Waals surface area contributed by atoms with Gasteiger partial charge in [0.15, 0.2) is 11.5 Å². The fourth-order valence-electron chi connectivity index (χ4n) is 2.30. The number of carbonyl (C=O) groups is 1. The van der Waals surface area contributed by atoms with E-state index in [0.29, 0.717) is 30.9 Å². The van der Waals surface area contributed by atoms with Crippen molar-refractivity contribution in [3.8, 4) is 11.5 Å². The van der Waals surface area contributed by atoms with Crippen molar-refractivity contribution in [1.29, 1.82) is 0 Å². The molecule has 23 heavy (non-hydrogen) atoms. The van der Waals surface area contributed by atoms with Crippen LogP contribution in [0, 0.1) is 0 Å². The molecule has 0 aliphatic carbocycles. The Balaban J connectivity index is 1.91. The zero-order valence-corrected chi connectivity index (χ0v) is 13.8. The highest BCUT2D eigenvalue weighted by molar-refractivity contribution is 5.76. The number of hydrogen-bond acceptors (Lipinski definition) is 4. The quantitative estimate of drug-likeness (QED) is 0.788. The Hall–Kier alpha value is -2.56. The predicted octanol–water partition coefficient (Wildman–Crippen LogP) is 2.69. The van der Waals surface area contributed by atoms with Gasteiger partial charge in [0.1, 0.15) is 0 Å². The smallest absolute Gasteiger partial charge is 0.222 e. The molecule has 2 rings (SSSR count). The first kappa shape index (κ1) is 16.8. The lowest BCUT2D eigenvalue weighted by Gasteiger charge is -2.17. The number of nitrogens with zero attached hydrogens (tertiary/aromatic N) is 2. The molecule has 0 saturated heterocycles. The van der Waals surface area contributed by atoms with E-state index in [1.807, 2.05) is 36.4 Å². The molecule has 0 saturated carbocycles. The predicted molar refractivity (Wildman–Crippen MR) is 88.6 cm³/mol. The largest absolute Gasteiger partial charge is 0.493 e. The number of benzene rings is 1. The SMILES string of the molecule is COc1ccc(CCC(=O)N(C)Cc2ccccn2)cc1OC. The fraction of sp³-hybridized carbons (Fsp3) is 0.333. The summed E-state index contributed by atoms with van der Waals surface area (Å²) < 4.78 is 10.5. The van der Waals surface area contributed by atoms with E-state index < -0.39 is 0 Å². The molecule has 0 unspecified atom stereocenters. The first-order chi connectivity index (χ1) is 11.1. The van der Waals surface area contributed by atoms with Crippen LogP contribution in [0.1, 0.15) is 17.7 Å². The Bertz CT molecular complexity index is 644. The van der Waals surface area contributed by atoms with Gasteiger partial charge in [0.25, 0.3) is 0 Å². The molecule has 0 aliphatic heterocycles. The van der Waals surface area contributed by atoms with Crippen LogP contribution in [0.4, 0.5) is 0 Å². The molecule has 1 aromatic carbocycles. The van der Waals surface area contributed by atoms with Crippen LogP contribution >= 0.6 is 0 Å². The number of aryl methyl sites for hydroxylation is 1. The van der Waals surface area contributed by atoms with Crippen LogP contribution < -0.4 is 9.47 Å². The minimum Gasteiger partial charge on any atom is -0.493 e. The van der Waals surface area contributed by atoms with Crippen molar-refractivity contribution < 1.29 is 14.3 Å². The van der Waals surface area contributed by atoms with Crippen LogP contribution in [-0.4, -0.2) is 37.1 Å². The van der Waals surface area contributed by atoms with Gasteiger partial charge in [0, 0.05) is 19.7 Å². The first-order valence-electron chi connectivity index (χ1n) is 7.49. The van der Waals surface area contributed by atoms with Crippen LogP contribution in [0.15, 0.2) is 42.6 Å². The Morgan fingerprint density at radius 3 is 2.57 bits per heavy atom. The van der Waals surface area contributed by atoms with Gasteiger partial charge in [-0.15, -0.1) is 0 Å². The van der Waals surface area contributed by atoms with E-state index >= 15 is 0 Å². The summed E-state index contributed by atoms with van der Waals surface area (Å²) in [6.45, 7) is 0.519. The number of ether oxygens (including phenoxy) is 2. The lowest BCUT2D eigenvalue weighted by molar-refractivity contribution is -0.130. The fourth-order valence-corrected chi connectivity index (χ4v) is 2.30. The van der Waals surface area contributed by atoms with Gasteiger partial charge in [-0.1, -0.05) is 12.1 Å². The summed E-state index contributed by atoms with van der Waals surface area (Å²) >= 11 is 0. The second-order valence-electron chi connectivity index (χ2n) is 5.26. The third-order valence-corrected chi connectivity index (χ3v) is 3.63. The van der Waals surface area contributed by atoms with Gasteiger partial charge < -0.3 is 14.4 Å². The van der Waals surface area contributed by atoms with Crippen LogP contribution in [0.2, 0.25) is 0 Å². The molecule has 0 radical (unpaired) electrons. The summed E-state index contributed by atoms with van der Waals surface area (Å²) in [6.07, 6.45) is 2.84. The third-order valence-electron chi connectivity index (χ3n) is 3.63. The molecule has 1 heterocycles. The zero-order chi connectivity index (χ0) is 16.7. The van der Waals surface area contributed by atoms with Crippen molar-refractivity contribution in [1.82, 2.24) is 9.88 Å². The van der Waals surface area contributed by atoms with Crippen molar-refractivity contribution in [3.05, 3.63) is 53.9 Å².